The van der Waals surface area contributed by atoms with Gasteiger partial charge in [0.1, 0.15) is 5.82 Å². The number of carbonyl (C=O) groups is 1. The Hall–Kier alpha value is -3.73. The van der Waals surface area contributed by atoms with E-state index in [-0.39, 0.29) is 27.7 Å². The number of ether oxygens (including phenoxy) is 1. The van der Waals surface area contributed by atoms with Gasteiger partial charge in [-0.15, -0.1) is 5.10 Å². The maximum absolute atomic E-state index is 13.3. The second-order valence-corrected chi connectivity index (χ2v) is 9.89. The van der Waals surface area contributed by atoms with Gasteiger partial charge in [-0.3, -0.25) is 0 Å². The highest BCUT2D eigenvalue weighted by atomic mass is 32.2. The number of piperidine rings is 1. The molecule has 176 valence electrons. The first-order chi connectivity index (χ1) is 16.5. The smallest absolute Gasteiger partial charge is 0.409 e. The largest absolute Gasteiger partial charge is 0.450 e. The Balaban J connectivity index is 1.51. The van der Waals surface area contributed by atoms with Crippen molar-refractivity contribution in [1.82, 2.24) is 24.7 Å². The molecular formula is C23H24N6O4S. The Morgan fingerprint density at radius 3 is 2.53 bits per heavy atom. The number of sulfone groups is 1. The fourth-order valence-electron chi connectivity index (χ4n) is 4.15. The van der Waals surface area contributed by atoms with Crippen molar-refractivity contribution < 1.29 is 17.9 Å². The second kappa shape index (κ2) is 8.90. The van der Waals surface area contributed by atoms with E-state index in [0.717, 1.165) is 5.39 Å². The number of amides is 1. The van der Waals surface area contributed by atoms with E-state index in [0.29, 0.717) is 43.9 Å². The summed E-state index contributed by atoms with van der Waals surface area (Å²) < 4.78 is 33.1. The standard InChI is InChI=1S/C23H24N6O4S/c1-2-33-23(30)28-14-12-16(13-15-28)24-20-18-10-6-7-11-19(18)29-21(25-20)22(26-27-29)34(31,32)17-8-4-3-5-9-17/h3-11,16H,2,12-15H2,1H3,(H,24,25). The van der Waals surface area contributed by atoms with Crippen LogP contribution in [0.1, 0.15) is 19.8 Å². The van der Waals surface area contributed by atoms with Gasteiger partial charge in [0.05, 0.1) is 17.0 Å². The number of anilines is 1. The molecule has 1 amide bonds. The summed E-state index contributed by atoms with van der Waals surface area (Å²) in [5.74, 6) is 0.560. The van der Waals surface area contributed by atoms with Gasteiger partial charge in [-0.2, -0.15) is 4.52 Å². The number of hydrogen-bond acceptors (Lipinski definition) is 8. The summed E-state index contributed by atoms with van der Waals surface area (Å²) in [5, 5.41) is 12.2. The van der Waals surface area contributed by atoms with Crippen molar-refractivity contribution in [3.05, 3.63) is 54.6 Å². The number of fused-ring (bicyclic) bond motifs is 3. The molecule has 1 aliphatic heterocycles. The van der Waals surface area contributed by atoms with Gasteiger partial charge >= 0.3 is 6.09 Å². The van der Waals surface area contributed by atoms with E-state index in [2.05, 4.69) is 20.6 Å². The molecule has 3 heterocycles. The zero-order valence-corrected chi connectivity index (χ0v) is 19.4. The Bertz CT molecular complexity index is 1450. The minimum atomic E-state index is -3.91. The summed E-state index contributed by atoms with van der Waals surface area (Å²) in [6.45, 7) is 3.27. The lowest BCUT2D eigenvalue weighted by Gasteiger charge is -2.32. The average Bonchev–Trinajstić information content (AvgIpc) is 3.30. The van der Waals surface area contributed by atoms with Gasteiger partial charge in [-0.25, -0.2) is 18.2 Å². The molecule has 10 nitrogen and oxygen atoms in total. The van der Waals surface area contributed by atoms with Gasteiger partial charge in [0.2, 0.25) is 14.9 Å². The lowest BCUT2D eigenvalue weighted by molar-refractivity contribution is 0.0983. The van der Waals surface area contributed by atoms with Crippen LogP contribution < -0.4 is 5.32 Å². The number of likely N-dealkylation sites (tertiary alicyclic amines) is 1. The molecule has 5 rings (SSSR count). The van der Waals surface area contributed by atoms with E-state index < -0.39 is 9.84 Å². The molecule has 1 saturated heterocycles. The molecule has 0 spiro atoms. The molecule has 0 radical (unpaired) electrons. The van der Waals surface area contributed by atoms with Crippen LogP contribution in [-0.2, 0) is 14.6 Å². The number of carbonyl (C=O) groups excluding carboxylic acids is 1. The van der Waals surface area contributed by atoms with Crippen molar-refractivity contribution in [3.63, 3.8) is 0 Å². The fraction of sp³-hybridized carbons (Fsp3) is 0.304. The van der Waals surface area contributed by atoms with Crippen LogP contribution in [0.2, 0.25) is 0 Å². The number of hydrogen-bond donors (Lipinski definition) is 1. The van der Waals surface area contributed by atoms with E-state index in [1.165, 1.54) is 16.6 Å². The zero-order chi connectivity index (χ0) is 23.7. The molecule has 0 unspecified atom stereocenters. The second-order valence-electron chi connectivity index (χ2n) is 8.03. The van der Waals surface area contributed by atoms with E-state index in [1.807, 2.05) is 24.3 Å². The summed E-state index contributed by atoms with van der Waals surface area (Å²) >= 11 is 0. The van der Waals surface area contributed by atoms with Crippen molar-refractivity contribution in [2.24, 2.45) is 0 Å². The number of para-hydroxylation sites is 1. The van der Waals surface area contributed by atoms with Crippen molar-refractivity contribution >= 4 is 38.3 Å². The first-order valence-corrected chi connectivity index (χ1v) is 12.6. The number of rotatable bonds is 5. The number of nitrogens with one attached hydrogen (secondary N) is 1. The molecule has 34 heavy (non-hydrogen) atoms. The number of benzene rings is 2. The molecule has 4 aromatic rings. The van der Waals surface area contributed by atoms with Crippen LogP contribution in [0, 0.1) is 0 Å². The summed E-state index contributed by atoms with van der Waals surface area (Å²) in [6.07, 6.45) is 1.13. The van der Waals surface area contributed by atoms with Crippen LogP contribution in [0.15, 0.2) is 64.5 Å². The van der Waals surface area contributed by atoms with Gasteiger partial charge in [-0.05, 0) is 44.0 Å². The molecular weight excluding hydrogens is 456 g/mol. The molecule has 0 saturated carbocycles. The third-order valence-corrected chi connectivity index (χ3v) is 7.56. The first kappa shape index (κ1) is 22.1. The van der Waals surface area contributed by atoms with E-state index in [4.69, 9.17) is 4.74 Å². The molecule has 1 aliphatic rings. The predicted octanol–water partition coefficient (Wildman–Crippen LogP) is 3.14. The Labute approximate surface area is 196 Å². The van der Waals surface area contributed by atoms with E-state index in [1.54, 1.807) is 30.0 Å². The minimum absolute atomic E-state index is 0.0640. The highest BCUT2D eigenvalue weighted by Gasteiger charge is 2.28. The van der Waals surface area contributed by atoms with Crippen LogP contribution >= 0.6 is 0 Å². The van der Waals surface area contributed by atoms with Gasteiger partial charge < -0.3 is 15.0 Å². The SMILES string of the molecule is CCOC(=O)N1CCC(Nc2nc3c(S(=O)(=O)c4ccccc4)nnn3c3ccccc23)CC1. The normalized spacial score (nSPS) is 15.0. The van der Waals surface area contributed by atoms with Gasteiger partial charge in [0.15, 0.2) is 5.65 Å². The van der Waals surface area contributed by atoms with Crippen LogP contribution in [-0.4, -0.2) is 65.0 Å². The van der Waals surface area contributed by atoms with Crippen molar-refractivity contribution in [3.8, 4) is 0 Å². The summed E-state index contributed by atoms with van der Waals surface area (Å²) in [5.41, 5.74) is 0.856. The highest BCUT2D eigenvalue weighted by molar-refractivity contribution is 7.91. The molecule has 11 heteroatoms. The lowest BCUT2D eigenvalue weighted by Crippen LogP contribution is -2.42. The van der Waals surface area contributed by atoms with Crippen LogP contribution in [0.5, 0.6) is 0 Å². The number of aromatic nitrogens is 4. The molecule has 2 aromatic heterocycles. The van der Waals surface area contributed by atoms with Gasteiger partial charge in [0, 0.05) is 24.5 Å². The van der Waals surface area contributed by atoms with Crippen LogP contribution in [0.4, 0.5) is 10.6 Å². The highest BCUT2D eigenvalue weighted by Crippen LogP contribution is 2.29. The quantitative estimate of drug-likeness (QED) is 0.463. The minimum Gasteiger partial charge on any atom is -0.450 e. The Morgan fingerprint density at radius 1 is 1.09 bits per heavy atom. The maximum Gasteiger partial charge on any atom is 0.409 e. The molecule has 0 aliphatic carbocycles. The topological polar surface area (TPSA) is 119 Å². The summed E-state index contributed by atoms with van der Waals surface area (Å²) in [7, 11) is -3.91. The van der Waals surface area contributed by atoms with E-state index in [9.17, 15) is 13.2 Å². The monoisotopic (exact) mass is 480 g/mol. The number of nitrogens with zero attached hydrogens (tertiary/aromatic N) is 5. The summed E-state index contributed by atoms with van der Waals surface area (Å²) in [4.78, 5) is 18.5. The maximum atomic E-state index is 13.3. The summed E-state index contributed by atoms with van der Waals surface area (Å²) in [6, 6.07) is 15.7. The fourth-order valence-corrected chi connectivity index (χ4v) is 5.41. The van der Waals surface area contributed by atoms with Crippen LogP contribution in [0.25, 0.3) is 16.6 Å². The third-order valence-electron chi connectivity index (χ3n) is 5.89. The van der Waals surface area contributed by atoms with Crippen molar-refractivity contribution in [1.29, 1.82) is 0 Å². The zero-order valence-electron chi connectivity index (χ0n) is 18.6. The average molecular weight is 481 g/mol. The van der Waals surface area contributed by atoms with Gasteiger partial charge in [-0.1, -0.05) is 35.5 Å². The first-order valence-electron chi connectivity index (χ1n) is 11.1. The lowest BCUT2D eigenvalue weighted by atomic mass is 10.1. The van der Waals surface area contributed by atoms with Gasteiger partial charge in [0.25, 0.3) is 0 Å². The Kier molecular flexibility index (Phi) is 5.78. The molecule has 1 fully saturated rings. The predicted molar refractivity (Wildman–Crippen MR) is 125 cm³/mol. The van der Waals surface area contributed by atoms with Crippen molar-refractivity contribution in [2.75, 3.05) is 25.0 Å². The van der Waals surface area contributed by atoms with Crippen LogP contribution in [0.3, 0.4) is 0 Å². The Morgan fingerprint density at radius 2 is 1.79 bits per heavy atom. The third kappa shape index (κ3) is 3.92. The molecule has 1 N–H and O–H groups in total. The molecule has 2 aromatic carbocycles. The molecule has 0 atom stereocenters. The van der Waals surface area contributed by atoms with Crippen molar-refractivity contribution in [2.45, 2.75) is 35.7 Å². The molecule has 0 bridgehead atoms. The van der Waals surface area contributed by atoms with E-state index >= 15 is 0 Å².